The highest BCUT2D eigenvalue weighted by Gasteiger charge is 2.21. The third-order valence-corrected chi connectivity index (χ3v) is 7.06. The molecule has 4 rings (SSSR count). The van der Waals surface area contributed by atoms with Gasteiger partial charge in [0.1, 0.15) is 0 Å². The molecule has 3 aromatic rings. The molecule has 2 aromatic heterocycles. The molecule has 1 fully saturated rings. The number of fused-ring (bicyclic) bond motifs is 1. The molecule has 0 unspecified atom stereocenters. The van der Waals surface area contributed by atoms with Crippen molar-refractivity contribution >= 4 is 23.2 Å². The topological polar surface area (TPSA) is 39.9 Å². The zero-order valence-electron chi connectivity index (χ0n) is 19.0. The van der Waals surface area contributed by atoms with Gasteiger partial charge < -0.3 is 9.80 Å². The van der Waals surface area contributed by atoms with Gasteiger partial charge in [-0.1, -0.05) is 32.9 Å². The fourth-order valence-corrected chi connectivity index (χ4v) is 4.90. The SMILES string of the molecule is CCSc1ccc(-c2cnc(N3CCN(CCN(CC)CC)CC3)c3nccn23)cc1. The first-order valence-electron chi connectivity index (χ1n) is 11.5. The summed E-state index contributed by atoms with van der Waals surface area (Å²) in [6.07, 6.45) is 5.93. The molecule has 0 radical (unpaired) electrons. The number of rotatable bonds is 9. The highest BCUT2D eigenvalue weighted by Crippen LogP contribution is 2.27. The second-order valence-electron chi connectivity index (χ2n) is 7.90. The molecule has 31 heavy (non-hydrogen) atoms. The number of nitrogens with zero attached hydrogens (tertiary/aromatic N) is 6. The first-order chi connectivity index (χ1) is 15.2. The highest BCUT2D eigenvalue weighted by molar-refractivity contribution is 7.99. The van der Waals surface area contributed by atoms with Crippen LogP contribution in [0.4, 0.5) is 5.82 Å². The minimum atomic E-state index is 0.945. The van der Waals surface area contributed by atoms with Gasteiger partial charge in [-0.15, -0.1) is 11.8 Å². The van der Waals surface area contributed by atoms with Crippen LogP contribution < -0.4 is 4.90 Å². The quantitative estimate of drug-likeness (QED) is 0.471. The number of aromatic nitrogens is 3. The smallest absolute Gasteiger partial charge is 0.180 e. The van der Waals surface area contributed by atoms with Crippen molar-refractivity contribution in [1.29, 1.82) is 0 Å². The van der Waals surface area contributed by atoms with Crippen LogP contribution in [0.3, 0.4) is 0 Å². The van der Waals surface area contributed by atoms with Crippen LogP contribution in [0.5, 0.6) is 0 Å². The van der Waals surface area contributed by atoms with Gasteiger partial charge in [0.2, 0.25) is 0 Å². The van der Waals surface area contributed by atoms with Gasteiger partial charge >= 0.3 is 0 Å². The van der Waals surface area contributed by atoms with E-state index in [0.29, 0.717) is 0 Å². The van der Waals surface area contributed by atoms with E-state index < -0.39 is 0 Å². The maximum Gasteiger partial charge on any atom is 0.180 e. The van der Waals surface area contributed by atoms with Crippen molar-refractivity contribution in [3.05, 3.63) is 42.9 Å². The zero-order valence-corrected chi connectivity index (χ0v) is 19.8. The summed E-state index contributed by atoms with van der Waals surface area (Å²) in [4.78, 5) is 18.3. The lowest BCUT2D eigenvalue weighted by molar-refractivity contribution is 0.206. The molecule has 0 spiro atoms. The molecular formula is C24H34N6S. The maximum atomic E-state index is 4.87. The van der Waals surface area contributed by atoms with Gasteiger partial charge in [-0.2, -0.15) is 0 Å². The summed E-state index contributed by atoms with van der Waals surface area (Å²) in [7, 11) is 0. The molecule has 0 aliphatic carbocycles. The van der Waals surface area contributed by atoms with Crippen LogP contribution in [-0.2, 0) is 0 Å². The average molecular weight is 439 g/mol. The number of hydrogen-bond acceptors (Lipinski definition) is 6. The summed E-state index contributed by atoms with van der Waals surface area (Å²) >= 11 is 1.87. The Balaban J connectivity index is 1.47. The zero-order chi connectivity index (χ0) is 21.6. The van der Waals surface area contributed by atoms with Crippen molar-refractivity contribution in [2.75, 3.05) is 63.0 Å². The maximum absolute atomic E-state index is 4.87. The van der Waals surface area contributed by atoms with Gasteiger partial charge in [-0.25, -0.2) is 9.97 Å². The molecule has 1 aromatic carbocycles. The van der Waals surface area contributed by atoms with Crippen molar-refractivity contribution in [2.24, 2.45) is 0 Å². The molecule has 0 amide bonds. The number of anilines is 1. The molecule has 1 saturated heterocycles. The Morgan fingerprint density at radius 1 is 0.968 bits per heavy atom. The summed E-state index contributed by atoms with van der Waals surface area (Å²) in [5.74, 6) is 2.08. The first kappa shape index (κ1) is 22.1. The fraction of sp³-hybridized carbons (Fsp3) is 0.500. The van der Waals surface area contributed by atoms with E-state index in [1.165, 1.54) is 10.5 Å². The summed E-state index contributed by atoms with van der Waals surface area (Å²) in [6, 6.07) is 8.75. The Morgan fingerprint density at radius 3 is 2.39 bits per heavy atom. The molecule has 1 aliphatic rings. The van der Waals surface area contributed by atoms with E-state index in [0.717, 1.165) is 75.3 Å². The van der Waals surface area contributed by atoms with E-state index in [1.54, 1.807) is 0 Å². The van der Waals surface area contributed by atoms with Crippen LogP contribution in [0.15, 0.2) is 47.8 Å². The summed E-state index contributed by atoms with van der Waals surface area (Å²) in [5.41, 5.74) is 3.20. The molecule has 0 N–H and O–H groups in total. The van der Waals surface area contributed by atoms with Gasteiger partial charge in [-0.05, 0) is 31.0 Å². The normalized spacial score (nSPS) is 15.3. The standard InChI is InChI=1S/C24H34N6S/c1-4-27(5-2)13-14-28-15-17-29(18-16-28)23-24-25-11-12-30(24)22(19-26-23)20-7-9-21(10-8-20)31-6-3/h7-12,19H,4-6,13-18H2,1-3H3. The van der Waals surface area contributed by atoms with Crippen molar-refractivity contribution in [3.8, 4) is 11.3 Å². The van der Waals surface area contributed by atoms with Crippen LogP contribution in [-0.4, -0.2) is 82.3 Å². The summed E-state index contributed by atoms with van der Waals surface area (Å²) < 4.78 is 2.18. The number of imidazole rings is 1. The second kappa shape index (κ2) is 10.5. The third-order valence-electron chi connectivity index (χ3n) is 6.17. The lowest BCUT2D eigenvalue weighted by Gasteiger charge is -2.36. The number of thioether (sulfide) groups is 1. The van der Waals surface area contributed by atoms with Gasteiger partial charge in [-0.3, -0.25) is 9.30 Å². The molecule has 3 heterocycles. The van der Waals surface area contributed by atoms with E-state index >= 15 is 0 Å². The van der Waals surface area contributed by atoms with Gasteiger partial charge in [0.25, 0.3) is 0 Å². The molecule has 0 saturated carbocycles. The van der Waals surface area contributed by atoms with Crippen molar-refractivity contribution < 1.29 is 0 Å². The van der Waals surface area contributed by atoms with E-state index in [-0.39, 0.29) is 0 Å². The largest absolute Gasteiger partial charge is 0.351 e. The fourth-order valence-electron chi connectivity index (χ4n) is 4.24. The Kier molecular flexibility index (Phi) is 7.48. The van der Waals surface area contributed by atoms with Crippen LogP contribution >= 0.6 is 11.8 Å². The molecule has 0 bridgehead atoms. The Hall–Kier alpha value is -2.09. The Labute approximate surface area is 190 Å². The third kappa shape index (κ3) is 5.05. The van der Waals surface area contributed by atoms with Crippen molar-refractivity contribution in [3.63, 3.8) is 0 Å². The van der Waals surface area contributed by atoms with E-state index in [2.05, 4.69) is 69.1 Å². The summed E-state index contributed by atoms with van der Waals surface area (Å²) in [6.45, 7) is 15.4. The lowest BCUT2D eigenvalue weighted by Crippen LogP contribution is -2.48. The summed E-state index contributed by atoms with van der Waals surface area (Å²) in [5, 5.41) is 0. The molecule has 1 aliphatic heterocycles. The van der Waals surface area contributed by atoms with Crippen LogP contribution in [0.25, 0.3) is 16.9 Å². The molecule has 166 valence electrons. The predicted octanol–water partition coefficient (Wildman–Crippen LogP) is 3.97. The Morgan fingerprint density at radius 2 is 1.71 bits per heavy atom. The van der Waals surface area contributed by atoms with E-state index in [9.17, 15) is 0 Å². The van der Waals surface area contributed by atoms with E-state index in [4.69, 9.17) is 4.98 Å². The average Bonchev–Trinajstić information content (AvgIpc) is 3.31. The van der Waals surface area contributed by atoms with E-state index in [1.807, 2.05) is 30.4 Å². The Bertz CT molecular complexity index is 958. The minimum Gasteiger partial charge on any atom is -0.351 e. The van der Waals surface area contributed by atoms with Crippen LogP contribution in [0, 0.1) is 0 Å². The van der Waals surface area contributed by atoms with Crippen molar-refractivity contribution in [2.45, 2.75) is 25.7 Å². The first-order valence-corrected chi connectivity index (χ1v) is 12.5. The van der Waals surface area contributed by atoms with Crippen LogP contribution in [0.2, 0.25) is 0 Å². The number of piperazine rings is 1. The van der Waals surface area contributed by atoms with Crippen LogP contribution in [0.1, 0.15) is 20.8 Å². The van der Waals surface area contributed by atoms with Gasteiger partial charge in [0, 0.05) is 62.1 Å². The molecule has 6 nitrogen and oxygen atoms in total. The molecule has 0 atom stereocenters. The van der Waals surface area contributed by atoms with Gasteiger partial charge in [0.05, 0.1) is 11.9 Å². The molecule has 7 heteroatoms. The highest BCUT2D eigenvalue weighted by atomic mass is 32.2. The lowest BCUT2D eigenvalue weighted by atomic mass is 10.1. The van der Waals surface area contributed by atoms with Crippen molar-refractivity contribution in [1.82, 2.24) is 24.2 Å². The second-order valence-corrected chi connectivity index (χ2v) is 9.24. The number of likely N-dealkylation sites (N-methyl/N-ethyl adjacent to an activating group) is 1. The minimum absolute atomic E-state index is 0.945. The number of benzene rings is 1. The monoisotopic (exact) mass is 438 g/mol. The van der Waals surface area contributed by atoms with Gasteiger partial charge in [0.15, 0.2) is 11.5 Å². The number of hydrogen-bond donors (Lipinski definition) is 0. The molecular weight excluding hydrogens is 404 g/mol. The predicted molar refractivity (Wildman–Crippen MR) is 131 cm³/mol.